The zero-order valence-electron chi connectivity index (χ0n) is 17.3. The predicted octanol–water partition coefficient (Wildman–Crippen LogP) is 5.35. The standard InChI is InChI=1S/C26H22ClN3O2/c27-24-8-4-3-7-21(24)13-18-9-12-25(31)22(14-18)16-29-30-26(32)17-28-23-11-10-19-5-1-2-6-20(19)15-23/h1-12,14-16,28,31H,13,17H2,(H,30,32)/b29-16+. The number of hydrogen-bond acceptors (Lipinski definition) is 4. The van der Waals surface area contributed by atoms with Crippen molar-refractivity contribution < 1.29 is 9.90 Å². The predicted molar refractivity (Wildman–Crippen MR) is 131 cm³/mol. The van der Waals surface area contributed by atoms with Crippen LogP contribution in [-0.4, -0.2) is 23.8 Å². The number of benzene rings is 4. The molecule has 0 fully saturated rings. The molecule has 4 aromatic rings. The second-order valence-electron chi connectivity index (χ2n) is 7.37. The van der Waals surface area contributed by atoms with Crippen molar-refractivity contribution in [3.8, 4) is 5.75 Å². The number of carbonyl (C=O) groups is 1. The number of carbonyl (C=O) groups excluding carboxylic acids is 1. The van der Waals surface area contributed by atoms with Gasteiger partial charge in [0.05, 0.1) is 12.8 Å². The minimum atomic E-state index is -0.291. The molecule has 32 heavy (non-hydrogen) atoms. The Morgan fingerprint density at radius 2 is 1.72 bits per heavy atom. The Bertz CT molecular complexity index is 1290. The van der Waals surface area contributed by atoms with E-state index in [1.807, 2.05) is 78.9 Å². The second-order valence-corrected chi connectivity index (χ2v) is 7.78. The Morgan fingerprint density at radius 3 is 2.56 bits per heavy atom. The van der Waals surface area contributed by atoms with Gasteiger partial charge in [0.15, 0.2) is 0 Å². The van der Waals surface area contributed by atoms with E-state index in [4.69, 9.17) is 11.6 Å². The Hall–Kier alpha value is -3.83. The first-order chi connectivity index (χ1) is 15.6. The number of rotatable bonds is 7. The molecule has 6 heteroatoms. The molecular weight excluding hydrogens is 422 g/mol. The van der Waals surface area contributed by atoms with Gasteiger partial charge in [-0.15, -0.1) is 0 Å². The van der Waals surface area contributed by atoms with Gasteiger partial charge in [0.2, 0.25) is 0 Å². The van der Waals surface area contributed by atoms with Crippen molar-refractivity contribution in [1.82, 2.24) is 5.43 Å². The lowest BCUT2D eigenvalue weighted by Gasteiger charge is -2.07. The number of fused-ring (bicyclic) bond motifs is 1. The van der Waals surface area contributed by atoms with Crippen LogP contribution in [-0.2, 0) is 11.2 Å². The maximum Gasteiger partial charge on any atom is 0.259 e. The van der Waals surface area contributed by atoms with Gasteiger partial charge >= 0.3 is 0 Å². The van der Waals surface area contributed by atoms with Crippen LogP contribution in [0.25, 0.3) is 10.8 Å². The normalized spacial score (nSPS) is 11.0. The lowest BCUT2D eigenvalue weighted by Crippen LogP contribution is -2.25. The van der Waals surface area contributed by atoms with Crippen LogP contribution in [0, 0.1) is 0 Å². The lowest BCUT2D eigenvalue weighted by atomic mass is 10.0. The van der Waals surface area contributed by atoms with E-state index in [0.29, 0.717) is 17.0 Å². The topological polar surface area (TPSA) is 73.7 Å². The summed E-state index contributed by atoms with van der Waals surface area (Å²) in [6.07, 6.45) is 2.06. The van der Waals surface area contributed by atoms with Gasteiger partial charge in [-0.1, -0.05) is 66.2 Å². The van der Waals surface area contributed by atoms with E-state index in [2.05, 4.69) is 15.8 Å². The van der Waals surface area contributed by atoms with Crippen LogP contribution in [0.3, 0.4) is 0 Å². The van der Waals surface area contributed by atoms with E-state index >= 15 is 0 Å². The number of aromatic hydroxyl groups is 1. The monoisotopic (exact) mass is 443 g/mol. The highest BCUT2D eigenvalue weighted by molar-refractivity contribution is 6.31. The zero-order chi connectivity index (χ0) is 22.3. The summed E-state index contributed by atoms with van der Waals surface area (Å²) in [6.45, 7) is 0.0776. The first-order valence-electron chi connectivity index (χ1n) is 10.2. The third kappa shape index (κ3) is 5.45. The van der Waals surface area contributed by atoms with Crippen molar-refractivity contribution in [2.24, 2.45) is 5.10 Å². The Kier molecular flexibility index (Phi) is 6.68. The number of halogens is 1. The third-order valence-electron chi connectivity index (χ3n) is 5.04. The van der Waals surface area contributed by atoms with E-state index in [-0.39, 0.29) is 18.2 Å². The summed E-state index contributed by atoms with van der Waals surface area (Å²) >= 11 is 6.24. The summed E-state index contributed by atoms with van der Waals surface area (Å²) < 4.78 is 0. The fourth-order valence-corrected chi connectivity index (χ4v) is 3.58. The molecular formula is C26H22ClN3O2. The third-order valence-corrected chi connectivity index (χ3v) is 5.41. The molecule has 0 unspecified atom stereocenters. The Morgan fingerprint density at radius 1 is 0.938 bits per heavy atom. The lowest BCUT2D eigenvalue weighted by molar-refractivity contribution is -0.119. The first-order valence-corrected chi connectivity index (χ1v) is 10.6. The molecule has 0 atom stereocenters. The molecule has 0 spiro atoms. The molecule has 0 aromatic heterocycles. The number of hydrogen-bond donors (Lipinski definition) is 3. The molecule has 1 amide bonds. The molecule has 0 heterocycles. The van der Waals surface area contributed by atoms with Gasteiger partial charge in [0.1, 0.15) is 5.75 Å². The zero-order valence-corrected chi connectivity index (χ0v) is 18.0. The highest BCUT2D eigenvalue weighted by atomic mass is 35.5. The van der Waals surface area contributed by atoms with Crippen LogP contribution in [0.1, 0.15) is 16.7 Å². The summed E-state index contributed by atoms with van der Waals surface area (Å²) in [7, 11) is 0. The minimum absolute atomic E-state index is 0.0776. The van der Waals surface area contributed by atoms with Crippen molar-refractivity contribution in [2.75, 3.05) is 11.9 Å². The fraction of sp³-hybridized carbons (Fsp3) is 0.0769. The largest absolute Gasteiger partial charge is 0.507 e. The van der Waals surface area contributed by atoms with Gasteiger partial charge in [0, 0.05) is 16.3 Å². The molecule has 0 aliphatic heterocycles. The van der Waals surface area contributed by atoms with Crippen LogP contribution >= 0.6 is 11.6 Å². The van der Waals surface area contributed by atoms with Crippen molar-refractivity contribution in [1.29, 1.82) is 0 Å². The first kappa shape index (κ1) is 21.4. The number of nitrogens with one attached hydrogen (secondary N) is 2. The van der Waals surface area contributed by atoms with Gasteiger partial charge in [-0.05, 0) is 58.7 Å². The van der Waals surface area contributed by atoms with Gasteiger partial charge in [0.25, 0.3) is 5.91 Å². The Balaban J connectivity index is 1.34. The molecule has 5 nitrogen and oxygen atoms in total. The number of amides is 1. The average Bonchev–Trinajstić information content (AvgIpc) is 2.81. The number of nitrogens with zero attached hydrogens (tertiary/aromatic N) is 1. The summed E-state index contributed by atoms with van der Waals surface area (Å²) in [5, 5.41) is 20.1. The molecule has 160 valence electrons. The van der Waals surface area contributed by atoms with E-state index in [1.165, 1.54) is 6.21 Å². The average molecular weight is 444 g/mol. The van der Waals surface area contributed by atoms with E-state index in [0.717, 1.165) is 27.6 Å². The van der Waals surface area contributed by atoms with Crippen molar-refractivity contribution in [3.05, 3.63) is 107 Å². The molecule has 3 N–H and O–H groups in total. The quantitative estimate of drug-likeness (QED) is 0.266. The van der Waals surface area contributed by atoms with Crippen LogP contribution < -0.4 is 10.7 Å². The van der Waals surface area contributed by atoms with Crippen LogP contribution in [0.4, 0.5) is 5.69 Å². The SMILES string of the molecule is O=C(CNc1ccc2ccccc2c1)N/N=C/c1cc(Cc2ccccc2Cl)ccc1O. The summed E-state index contributed by atoms with van der Waals surface area (Å²) in [5.41, 5.74) is 5.82. The van der Waals surface area contributed by atoms with Gasteiger partial charge in [-0.3, -0.25) is 4.79 Å². The highest BCUT2D eigenvalue weighted by Crippen LogP contribution is 2.22. The van der Waals surface area contributed by atoms with Crippen molar-refractivity contribution >= 4 is 40.2 Å². The van der Waals surface area contributed by atoms with E-state index in [1.54, 1.807) is 6.07 Å². The molecule has 0 aliphatic carbocycles. The highest BCUT2D eigenvalue weighted by Gasteiger charge is 2.05. The van der Waals surface area contributed by atoms with Crippen LogP contribution in [0.5, 0.6) is 5.75 Å². The Labute approximate surface area is 191 Å². The molecule has 0 aliphatic rings. The molecule has 0 saturated carbocycles. The van der Waals surface area contributed by atoms with Crippen LogP contribution in [0.15, 0.2) is 90.0 Å². The number of hydrazone groups is 1. The molecule has 0 saturated heterocycles. The minimum Gasteiger partial charge on any atom is -0.507 e. The summed E-state index contributed by atoms with van der Waals surface area (Å²) in [6, 6.07) is 26.9. The number of phenolic OH excluding ortho intramolecular Hbond substituents is 1. The fourth-order valence-electron chi connectivity index (χ4n) is 3.37. The van der Waals surface area contributed by atoms with Gasteiger partial charge in [-0.2, -0.15) is 5.10 Å². The second kappa shape index (κ2) is 9.98. The number of phenols is 1. The molecule has 0 radical (unpaired) electrons. The smallest absolute Gasteiger partial charge is 0.259 e. The maximum absolute atomic E-state index is 12.1. The van der Waals surface area contributed by atoms with Crippen LogP contribution in [0.2, 0.25) is 5.02 Å². The molecule has 4 rings (SSSR count). The maximum atomic E-state index is 12.1. The molecule has 0 bridgehead atoms. The van der Waals surface area contributed by atoms with E-state index in [9.17, 15) is 9.90 Å². The summed E-state index contributed by atoms with van der Waals surface area (Å²) in [5.74, 6) is -0.207. The molecule has 4 aromatic carbocycles. The van der Waals surface area contributed by atoms with Crippen molar-refractivity contribution in [2.45, 2.75) is 6.42 Å². The van der Waals surface area contributed by atoms with E-state index < -0.39 is 0 Å². The van der Waals surface area contributed by atoms with Crippen molar-refractivity contribution in [3.63, 3.8) is 0 Å². The summed E-state index contributed by atoms with van der Waals surface area (Å²) in [4.78, 5) is 12.1. The number of anilines is 1. The van der Waals surface area contributed by atoms with Gasteiger partial charge in [-0.25, -0.2) is 5.43 Å². The van der Waals surface area contributed by atoms with Gasteiger partial charge < -0.3 is 10.4 Å².